The van der Waals surface area contributed by atoms with Crippen LogP contribution in [0.2, 0.25) is 0 Å². The SMILES string of the molecule is CNC1CN(c2nc(NCCS(=O)(=O)N(C)c3ccccc3)c3cc(Br)cnc3n2)C1. The van der Waals surface area contributed by atoms with Gasteiger partial charge in [-0.2, -0.15) is 9.97 Å². The summed E-state index contributed by atoms with van der Waals surface area (Å²) in [7, 11) is 0.00254. The largest absolute Gasteiger partial charge is 0.368 e. The highest BCUT2D eigenvalue weighted by Gasteiger charge is 2.28. The van der Waals surface area contributed by atoms with Crippen molar-refractivity contribution >= 4 is 54.4 Å². The fourth-order valence-corrected chi connectivity index (χ4v) is 4.72. The zero-order valence-electron chi connectivity index (χ0n) is 17.3. The summed E-state index contributed by atoms with van der Waals surface area (Å²) < 4.78 is 27.6. The van der Waals surface area contributed by atoms with Gasteiger partial charge in [0.1, 0.15) is 5.82 Å². The molecule has 0 spiro atoms. The van der Waals surface area contributed by atoms with Crippen molar-refractivity contribution in [2.45, 2.75) is 6.04 Å². The third-order valence-electron chi connectivity index (χ3n) is 5.27. The Morgan fingerprint density at radius 2 is 1.97 bits per heavy atom. The van der Waals surface area contributed by atoms with Gasteiger partial charge in [0.15, 0.2) is 5.65 Å². The van der Waals surface area contributed by atoms with Crippen molar-refractivity contribution in [3.05, 3.63) is 47.1 Å². The van der Waals surface area contributed by atoms with E-state index in [-0.39, 0.29) is 12.3 Å². The van der Waals surface area contributed by atoms with E-state index in [1.807, 2.05) is 31.3 Å². The van der Waals surface area contributed by atoms with Gasteiger partial charge in [0.2, 0.25) is 16.0 Å². The minimum atomic E-state index is -3.49. The topological polar surface area (TPSA) is 103 Å². The van der Waals surface area contributed by atoms with Gasteiger partial charge < -0.3 is 15.5 Å². The lowest BCUT2D eigenvalue weighted by Gasteiger charge is -2.39. The molecule has 11 heteroatoms. The molecule has 2 aromatic heterocycles. The summed E-state index contributed by atoms with van der Waals surface area (Å²) in [6, 6.07) is 11.3. The van der Waals surface area contributed by atoms with E-state index in [4.69, 9.17) is 0 Å². The Bertz CT molecular complexity index is 1170. The highest BCUT2D eigenvalue weighted by Crippen LogP contribution is 2.27. The molecule has 0 radical (unpaired) electrons. The molecule has 0 aliphatic carbocycles. The van der Waals surface area contributed by atoms with Crippen LogP contribution in [-0.4, -0.2) is 68.9 Å². The number of para-hydroxylation sites is 1. The fraction of sp³-hybridized carbons (Fsp3) is 0.350. The maximum Gasteiger partial charge on any atom is 0.236 e. The van der Waals surface area contributed by atoms with Crippen molar-refractivity contribution in [2.75, 3.05) is 54.0 Å². The number of anilines is 3. The molecule has 9 nitrogen and oxygen atoms in total. The number of aromatic nitrogens is 3. The molecule has 0 bridgehead atoms. The lowest BCUT2D eigenvalue weighted by Crippen LogP contribution is -2.57. The molecule has 1 saturated heterocycles. The Morgan fingerprint density at radius 1 is 1.23 bits per heavy atom. The summed E-state index contributed by atoms with van der Waals surface area (Å²) in [6.45, 7) is 1.83. The monoisotopic (exact) mass is 505 g/mol. The number of nitrogens with one attached hydrogen (secondary N) is 2. The minimum Gasteiger partial charge on any atom is -0.368 e. The van der Waals surface area contributed by atoms with Crippen LogP contribution in [0.5, 0.6) is 0 Å². The van der Waals surface area contributed by atoms with E-state index in [9.17, 15) is 8.42 Å². The van der Waals surface area contributed by atoms with Crippen LogP contribution in [0, 0.1) is 0 Å². The first kappa shape index (κ1) is 21.7. The third-order valence-corrected chi connectivity index (χ3v) is 7.47. The van der Waals surface area contributed by atoms with Gasteiger partial charge >= 0.3 is 0 Å². The normalized spacial score (nSPS) is 14.5. The average Bonchev–Trinajstić information content (AvgIpc) is 2.73. The van der Waals surface area contributed by atoms with Crippen LogP contribution in [-0.2, 0) is 10.0 Å². The number of fused-ring (bicyclic) bond motifs is 1. The van der Waals surface area contributed by atoms with E-state index in [2.05, 4.69) is 46.4 Å². The molecule has 0 amide bonds. The Morgan fingerprint density at radius 3 is 2.68 bits per heavy atom. The first-order chi connectivity index (χ1) is 14.9. The van der Waals surface area contributed by atoms with Gasteiger partial charge in [-0.05, 0) is 41.2 Å². The van der Waals surface area contributed by atoms with Crippen molar-refractivity contribution in [3.63, 3.8) is 0 Å². The van der Waals surface area contributed by atoms with E-state index in [0.717, 1.165) is 22.9 Å². The predicted octanol–water partition coefficient (Wildman–Crippen LogP) is 2.07. The molecule has 1 aliphatic rings. The van der Waals surface area contributed by atoms with Crippen molar-refractivity contribution in [3.8, 4) is 0 Å². The number of rotatable bonds is 8. The first-order valence-electron chi connectivity index (χ1n) is 9.88. The number of likely N-dealkylation sites (N-methyl/N-ethyl adjacent to an activating group) is 1. The van der Waals surface area contributed by atoms with Crippen molar-refractivity contribution in [2.24, 2.45) is 0 Å². The smallest absolute Gasteiger partial charge is 0.236 e. The molecule has 3 aromatic rings. The predicted molar refractivity (Wildman–Crippen MR) is 127 cm³/mol. The minimum absolute atomic E-state index is 0.0772. The Kier molecular flexibility index (Phi) is 6.26. The van der Waals surface area contributed by atoms with Crippen LogP contribution in [0.1, 0.15) is 0 Å². The third kappa shape index (κ3) is 4.73. The molecule has 1 aromatic carbocycles. The van der Waals surface area contributed by atoms with Crippen LogP contribution in [0.3, 0.4) is 0 Å². The molecule has 2 N–H and O–H groups in total. The Hall–Kier alpha value is -2.50. The molecule has 3 heterocycles. The Balaban J connectivity index is 1.52. The second kappa shape index (κ2) is 8.93. The maximum absolute atomic E-state index is 12.8. The van der Waals surface area contributed by atoms with Gasteiger partial charge in [0, 0.05) is 43.4 Å². The number of hydrogen-bond donors (Lipinski definition) is 2. The van der Waals surface area contributed by atoms with Gasteiger partial charge in [-0.1, -0.05) is 18.2 Å². The summed E-state index contributed by atoms with van der Waals surface area (Å²) in [5, 5.41) is 7.15. The molecule has 31 heavy (non-hydrogen) atoms. The van der Waals surface area contributed by atoms with E-state index >= 15 is 0 Å². The van der Waals surface area contributed by atoms with Crippen LogP contribution in [0.25, 0.3) is 11.0 Å². The highest BCUT2D eigenvalue weighted by molar-refractivity contribution is 9.10. The summed E-state index contributed by atoms with van der Waals surface area (Å²) >= 11 is 3.43. The zero-order valence-corrected chi connectivity index (χ0v) is 19.7. The van der Waals surface area contributed by atoms with E-state index in [1.54, 1.807) is 25.4 Å². The van der Waals surface area contributed by atoms with Crippen LogP contribution in [0.15, 0.2) is 47.1 Å². The van der Waals surface area contributed by atoms with Gasteiger partial charge in [-0.15, -0.1) is 0 Å². The lowest BCUT2D eigenvalue weighted by atomic mass is 10.1. The molecular weight excluding hydrogens is 482 g/mol. The van der Waals surface area contributed by atoms with Gasteiger partial charge in [0.25, 0.3) is 0 Å². The quantitative estimate of drug-likeness (QED) is 0.479. The molecule has 4 rings (SSSR count). The molecule has 0 unspecified atom stereocenters. The number of hydrogen-bond acceptors (Lipinski definition) is 8. The first-order valence-corrected chi connectivity index (χ1v) is 12.3. The number of halogens is 1. The standard InChI is InChI=1S/C20H24BrN7O2S/c1-22-15-12-28(13-15)20-25-18(17-10-14(21)11-24-19(17)26-20)23-8-9-31(29,30)27(2)16-6-4-3-5-7-16/h3-7,10-11,15,22H,8-9,12-13H2,1-2H3,(H,23,24,25,26). The number of nitrogens with zero attached hydrogens (tertiary/aromatic N) is 5. The second-order valence-corrected chi connectivity index (χ2v) is 10.4. The van der Waals surface area contributed by atoms with Crippen LogP contribution >= 0.6 is 15.9 Å². The summed E-state index contributed by atoms with van der Waals surface area (Å²) in [6.07, 6.45) is 1.69. The zero-order chi connectivity index (χ0) is 22.0. The van der Waals surface area contributed by atoms with Gasteiger partial charge in [0.05, 0.1) is 16.8 Å². The van der Waals surface area contributed by atoms with Crippen molar-refractivity contribution in [1.82, 2.24) is 20.3 Å². The van der Waals surface area contributed by atoms with Crippen molar-refractivity contribution < 1.29 is 8.42 Å². The van der Waals surface area contributed by atoms with Crippen LogP contribution in [0.4, 0.5) is 17.5 Å². The number of sulfonamides is 1. The van der Waals surface area contributed by atoms with E-state index in [0.29, 0.717) is 29.1 Å². The molecule has 164 valence electrons. The highest BCUT2D eigenvalue weighted by atomic mass is 79.9. The van der Waals surface area contributed by atoms with Gasteiger partial charge in [-0.3, -0.25) is 4.31 Å². The summed E-state index contributed by atoms with van der Waals surface area (Å²) in [5.74, 6) is 1.08. The summed E-state index contributed by atoms with van der Waals surface area (Å²) in [5.41, 5.74) is 1.19. The molecule has 0 saturated carbocycles. The molecule has 0 atom stereocenters. The lowest BCUT2D eigenvalue weighted by molar-refractivity contribution is 0.444. The van der Waals surface area contributed by atoms with E-state index < -0.39 is 10.0 Å². The van der Waals surface area contributed by atoms with Crippen LogP contribution < -0.4 is 19.8 Å². The van der Waals surface area contributed by atoms with Gasteiger partial charge in [-0.25, -0.2) is 13.4 Å². The fourth-order valence-electron chi connectivity index (χ4n) is 3.31. The summed E-state index contributed by atoms with van der Waals surface area (Å²) in [4.78, 5) is 15.7. The van der Waals surface area contributed by atoms with Crippen molar-refractivity contribution in [1.29, 1.82) is 0 Å². The maximum atomic E-state index is 12.8. The second-order valence-electron chi connectivity index (χ2n) is 7.33. The average molecular weight is 506 g/mol. The molecule has 1 aliphatic heterocycles. The Labute approximate surface area is 190 Å². The molecule has 1 fully saturated rings. The number of benzene rings is 1. The number of pyridine rings is 1. The van der Waals surface area contributed by atoms with E-state index in [1.165, 1.54) is 4.31 Å². The molecular formula is C20H24BrN7O2S.